The number of hydrogen-bond acceptors (Lipinski definition) is 4. The lowest BCUT2D eigenvalue weighted by Gasteiger charge is -2.13. The number of rotatable bonds is 7. The van der Waals surface area contributed by atoms with Crippen LogP contribution >= 0.6 is 11.6 Å². The molecule has 0 aromatic heterocycles. The summed E-state index contributed by atoms with van der Waals surface area (Å²) >= 11 is 5.75. The predicted octanol–water partition coefficient (Wildman–Crippen LogP) is 4.01. The lowest BCUT2D eigenvalue weighted by molar-refractivity contribution is -0.153. The van der Waals surface area contributed by atoms with E-state index in [2.05, 4.69) is 5.32 Å². The first-order chi connectivity index (χ1) is 12.3. The molecule has 2 rings (SSSR count). The van der Waals surface area contributed by atoms with Crippen molar-refractivity contribution in [3.63, 3.8) is 0 Å². The van der Waals surface area contributed by atoms with E-state index in [1.165, 1.54) is 25.1 Å². The Kier molecular flexibility index (Phi) is 6.86. The quantitative estimate of drug-likeness (QED) is 0.584. The number of hydrogen-bond donors (Lipinski definition) is 1. The van der Waals surface area contributed by atoms with Crippen LogP contribution in [0.3, 0.4) is 0 Å². The van der Waals surface area contributed by atoms with E-state index in [9.17, 15) is 18.8 Å². The predicted molar refractivity (Wildman–Crippen MR) is 95.6 cm³/mol. The Morgan fingerprint density at radius 1 is 1.12 bits per heavy atom. The maximum Gasteiger partial charge on any atom is 0.307 e. The lowest BCUT2D eigenvalue weighted by atomic mass is 10.1. The number of amides is 1. The van der Waals surface area contributed by atoms with Crippen molar-refractivity contribution >= 4 is 34.9 Å². The summed E-state index contributed by atoms with van der Waals surface area (Å²) in [5.41, 5.74) is 0.704. The molecule has 0 saturated heterocycles. The number of ether oxygens (including phenoxy) is 1. The van der Waals surface area contributed by atoms with Gasteiger partial charge in [0.15, 0.2) is 11.9 Å². The van der Waals surface area contributed by atoms with Crippen LogP contribution in [0.2, 0.25) is 5.02 Å². The van der Waals surface area contributed by atoms with E-state index in [0.29, 0.717) is 10.6 Å². The van der Waals surface area contributed by atoms with E-state index < -0.39 is 23.8 Å². The second-order valence-corrected chi connectivity index (χ2v) is 6.00. The normalized spacial score (nSPS) is 11.5. The van der Waals surface area contributed by atoms with Gasteiger partial charge in [0.05, 0.1) is 6.42 Å². The first kappa shape index (κ1) is 19.6. The average molecular weight is 378 g/mol. The molecule has 0 fully saturated rings. The van der Waals surface area contributed by atoms with Gasteiger partial charge in [-0.1, -0.05) is 17.7 Å². The molecule has 0 saturated carbocycles. The van der Waals surface area contributed by atoms with Crippen LogP contribution in [0.15, 0.2) is 48.5 Å². The van der Waals surface area contributed by atoms with Gasteiger partial charge in [-0.2, -0.15) is 0 Å². The van der Waals surface area contributed by atoms with Gasteiger partial charge in [-0.15, -0.1) is 0 Å². The number of carbonyl (C=O) groups excluding carboxylic acids is 3. The van der Waals surface area contributed by atoms with Crippen molar-refractivity contribution in [3.8, 4) is 0 Å². The van der Waals surface area contributed by atoms with Crippen molar-refractivity contribution < 1.29 is 23.5 Å². The van der Waals surface area contributed by atoms with Crippen molar-refractivity contribution in [2.45, 2.75) is 25.9 Å². The van der Waals surface area contributed by atoms with Crippen molar-refractivity contribution in [2.75, 3.05) is 5.32 Å². The zero-order valence-corrected chi connectivity index (χ0v) is 14.8. The molecular weight excluding hydrogens is 361 g/mol. The molecule has 1 atom stereocenters. The third-order valence-electron chi connectivity index (χ3n) is 3.49. The van der Waals surface area contributed by atoms with Gasteiger partial charge < -0.3 is 10.1 Å². The van der Waals surface area contributed by atoms with Crippen LogP contribution in [-0.4, -0.2) is 23.8 Å². The van der Waals surface area contributed by atoms with Crippen LogP contribution in [0, 0.1) is 5.82 Å². The molecular formula is C19H17ClFNO4. The molecule has 1 amide bonds. The maximum absolute atomic E-state index is 13.1. The molecule has 2 aromatic rings. The van der Waals surface area contributed by atoms with E-state index in [1.54, 1.807) is 24.3 Å². The van der Waals surface area contributed by atoms with Gasteiger partial charge in [-0.05, 0) is 49.4 Å². The molecule has 0 heterocycles. The minimum absolute atomic E-state index is 0.0430. The summed E-state index contributed by atoms with van der Waals surface area (Å²) in [6.07, 6.45) is -1.27. The van der Waals surface area contributed by atoms with Crippen molar-refractivity contribution in [3.05, 3.63) is 64.9 Å². The van der Waals surface area contributed by atoms with E-state index in [4.69, 9.17) is 16.3 Å². The highest BCUT2D eigenvalue weighted by atomic mass is 35.5. The molecule has 1 unspecified atom stereocenters. The molecule has 1 N–H and O–H groups in total. The van der Waals surface area contributed by atoms with E-state index in [0.717, 1.165) is 6.07 Å². The fraction of sp³-hybridized carbons (Fsp3) is 0.211. The van der Waals surface area contributed by atoms with Gasteiger partial charge >= 0.3 is 5.97 Å². The molecule has 26 heavy (non-hydrogen) atoms. The molecule has 136 valence electrons. The smallest absolute Gasteiger partial charge is 0.307 e. The summed E-state index contributed by atoms with van der Waals surface area (Å²) in [6.45, 7) is 1.40. The third kappa shape index (κ3) is 5.97. The topological polar surface area (TPSA) is 72.5 Å². The fourth-order valence-electron chi connectivity index (χ4n) is 2.12. The molecule has 0 bridgehead atoms. The Bertz CT molecular complexity index is 807. The number of benzene rings is 2. The molecule has 0 aliphatic rings. The molecule has 0 spiro atoms. The second kappa shape index (κ2) is 9.10. The van der Waals surface area contributed by atoms with Gasteiger partial charge in [0.25, 0.3) is 5.91 Å². The van der Waals surface area contributed by atoms with Crippen LogP contribution in [-0.2, 0) is 14.3 Å². The Morgan fingerprint density at radius 3 is 2.46 bits per heavy atom. The summed E-state index contributed by atoms with van der Waals surface area (Å²) in [5, 5.41) is 2.96. The zero-order chi connectivity index (χ0) is 19.1. The Morgan fingerprint density at radius 2 is 1.81 bits per heavy atom. The summed E-state index contributed by atoms with van der Waals surface area (Å²) in [6, 6.07) is 11.7. The summed E-state index contributed by atoms with van der Waals surface area (Å²) < 4.78 is 18.1. The monoisotopic (exact) mass is 377 g/mol. The second-order valence-electron chi connectivity index (χ2n) is 5.56. The SMILES string of the molecule is CC(OC(=O)CCC(=O)c1ccc(Cl)cc1)C(=O)Nc1cccc(F)c1. The lowest BCUT2D eigenvalue weighted by Crippen LogP contribution is -2.30. The highest BCUT2D eigenvalue weighted by Gasteiger charge is 2.19. The Balaban J connectivity index is 1.80. The number of carbonyl (C=O) groups is 3. The Labute approximate surface area is 155 Å². The van der Waals surface area contributed by atoms with Crippen LogP contribution in [0.25, 0.3) is 0 Å². The van der Waals surface area contributed by atoms with Crippen LogP contribution in [0.4, 0.5) is 10.1 Å². The number of halogens is 2. The maximum atomic E-state index is 13.1. The molecule has 2 aromatic carbocycles. The first-order valence-corrected chi connectivity index (χ1v) is 8.27. The molecule has 0 aliphatic heterocycles. The van der Waals surface area contributed by atoms with Crippen LogP contribution in [0.5, 0.6) is 0 Å². The number of ketones is 1. The van der Waals surface area contributed by atoms with Gasteiger partial charge in [-0.25, -0.2) is 4.39 Å². The van der Waals surface area contributed by atoms with Crippen LogP contribution < -0.4 is 5.32 Å². The Hall–Kier alpha value is -2.73. The third-order valence-corrected chi connectivity index (χ3v) is 3.74. The highest BCUT2D eigenvalue weighted by molar-refractivity contribution is 6.30. The minimum atomic E-state index is -1.07. The molecule has 5 nitrogen and oxygen atoms in total. The first-order valence-electron chi connectivity index (χ1n) is 7.90. The highest BCUT2D eigenvalue weighted by Crippen LogP contribution is 2.13. The largest absolute Gasteiger partial charge is 0.453 e. The van der Waals surface area contributed by atoms with Crippen molar-refractivity contribution in [1.29, 1.82) is 0 Å². The van der Waals surface area contributed by atoms with E-state index in [1.807, 2.05) is 0 Å². The minimum Gasteiger partial charge on any atom is -0.453 e. The van der Waals surface area contributed by atoms with Gasteiger partial charge in [0.2, 0.25) is 0 Å². The summed E-state index contributed by atoms with van der Waals surface area (Å²) in [7, 11) is 0. The molecule has 0 radical (unpaired) electrons. The number of anilines is 1. The molecule has 0 aliphatic carbocycles. The fourth-order valence-corrected chi connectivity index (χ4v) is 2.24. The van der Waals surface area contributed by atoms with Crippen molar-refractivity contribution in [1.82, 2.24) is 0 Å². The van der Waals surface area contributed by atoms with Crippen molar-refractivity contribution in [2.24, 2.45) is 0 Å². The van der Waals surface area contributed by atoms with Gasteiger partial charge in [0, 0.05) is 22.7 Å². The zero-order valence-electron chi connectivity index (χ0n) is 14.0. The summed E-state index contributed by atoms with van der Waals surface area (Å²) in [4.78, 5) is 35.8. The van der Waals surface area contributed by atoms with Gasteiger partial charge in [-0.3, -0.25) is 14.4 Å². The molecule has 7 heteroatoms. The van der Waals surface area contributed by atoms with Gasteiger partial charge in [0.1, 0.15) is 5.82 Å². The standard InChI is InChI=1S/C19H17ClFNO4/c1-12(19(25)22-16-4-2-3-15(21)11-16)26-18(24)10-9-17(23)13-5-7-14(20)8-6-13/h2-8,11-12H,9-10H2,1H3,(H,22,25). The average Bonchev–Trinajstić information content (AvgIpc) is 2.60. The van der Waals surface area contributed by atoms with E-state index >= 15 is 0 Å². The number of Topliss-reactive ketones (excluding diaryl/α,β-unsaturated/α-hetero) is 1. The van der Waals surface area contributed by atoms with E-state index in [-0.39, 0.29) is 24.3 Å². The summed E-state index contributed by atoms with van der Waals surface area (Å²) in [5.74, 6) is -1.98. The number of esters is 1. The number of nitrogens with one attached hydrogen (secondary N) is 1. The van der Waals surface area contributed by atoms with Crippen LogP contribution in [0.1, 0.15) is 30.1 Å².